The predicted octanol–water partition coefficient (Wildman–Crippen LogP) is 5.25. The van der Waals surface area contributed by atoms with E-state index in [0.29, 0.717) is 10.8 Å². The van der Waals surface area contributed by atoms with Crippen molar-refractivity contribution in [2.24, 2.45) is 4.99 Å². The standard InChI is InChI=1S/C26H23ClN6O/c1-16-6-5-7-20(14-16)29-26(34)28-15-22-25-32-31-17(2)33(25)23-9-4-3-8-21(23)24(30-22)18-10-12-19(27)13-11-18/h3-14,22H,15H2,1-2H3,(H2,28,29,34). The van der Waals surface area contributed by atoms with E-state index in [1.54, 1.807) is 0 Å². The predicted molar refractivity (Wildman–Crippen MR) is 134 cm³/mol. The highest BCUT2D eigenvalue weighted by atomic mass is 35.5. The van der Waals surface area contributed by atoms with Crippen LogP contribution in [0.25, 0.3) is 5.69 Å². The molecule has 4 aromatic rings. The van der Waals surface area contributed by atoms with Gasteiger partial charge in [-0.25, -0.2) is 4.79 Å². The van der Waals surface area contributed by atoms with Gasteiger partial charge in [-0.3, -0.25) is 9.56 Å². The zero-order valence-corrected chi connectivity index (χ0v) is 19.5. The van der Waals surface area contributed by atoms with Crippen LogP contribution in [0.3, 0.4) is 0 Å². The summed E-state index contributed by atoms with van der Waals surface area (Å²) in [5.74, 6) is 1.42. The quantitative estimate of drug-likeness (QED) is 0.427. The summed E-state index contributed by atoms with van der Waals surface area (Å²) < 4.78 is 2.01. The molecule has 0 saturated heterocycles. The van der Waals surface area contributed by atoms with Gasteiger partial charge < -0.3 is 10.6 Å². The number of anilines is 1. The lowest BCUT2D eigenvalue weighted by Crippen LogP contribution is -2.32. The van der Waals surface area contributed by atoms with Crippen LogP contribution in [0.4, 0.5) is 10.5 Å². The molecule has 0 spiro atoms. The Morgan fingerprint density at radius 3 is 2.59 bits per heavy atom. The Morgan fingerprint density at radius 2 is 1.79 bits per heavy atom. The zero-order valence-electron chi connectivity index (χ0n) is 18.8. The van der Waals surface area contributed by atoms with Crippen LogP contribution in [0.2, 0.25) is 5.02 Å². The third kappa shape index (κ3) is 4.30. The average molecular weight is 471 g/mol. The van der Waals surface area contributed by atoms with E-state index in [1.165, 1.54) is 0 Å². The number of benzene rings is 3. The number of urea groups is 1. The fraction of sp³-hybridized carbons (Fsp3) is 0.154. The summed E-state index contributed by atoms with van der Waals surface area (Å²) in [6, 6.07) is 22.5. The van der Waals surface area contributed by atoms with Gasteiger partial charge in [0.15, 0.2) is 5.82 Å². The summed E-state index contributed by atoms with van der Waals surface area (Å²) in [6.45, 7) is 4.14. The van der Waals surface area contributed by atoms with Gasteiger partial charge in [-0.05, 0) is 49.7 Å². The molecule has 0 radical (unpaired) electrons. The fourth-order valence-corrected chi connectivity index (χ4v) is 4.23. The molecule has 1 atom stereocenters. The van der Waals surface area contributed by atoms with E-state index in [9.17, 15) is 4.79 Å². The SMILES string of the molecule is Cc1cccc(NC(=O)NCC2N=C(c3ccc(Cl)cc3)c3ccccc3-n3c(C)nnc32)c1. The van der Waals surface area contributed by atoms with Crippen LogP contribution in [0.5, 0.6) is 0 Å². The molecule has 2 heterocycles. The molecule has 0 fully saturated rings. The van der Waals surface area contributed by atoms with Crippen LogP contribution >= 0.6 is 11.6 Å². The Bertz CT molecular complexity index is 1390. The number of hydrogen-bond donors (Lipinski definition) is 2. The minimum Gasteiger partial charge on any atom is -0.335 e. The summed E-state index contributed by atoms with van der Waals surface area (Å²) in [6.07, 6.45) is 0. The zero-order chi connectivity index (χ0) is 23.7. The fourth-order valence-electron chi connectivity index (χ4n) is 4.11. The van der Waals surface area contributed by atoms with E-state index >= 15 is 0 Å². The molecule has 0 aliphatic carbocycles. The Labute approximate surface area is 202 Å². The van der Waals surface area contributed by atoms with E-state index < -0.39 is 6.04 Å². The van der Waals surface area contributed by atoms with Crippen molar-refractivity contribution < 1.29 is 4.79 Å². The molecule has 2 amide bonds. The number of nitrogens with zero attached hydrogens (tertiary/aromatic N) is 4. The van der Waals surface area contributed by atoms with E-state index in [-0.39, 0.29) is 12.6 Å². The number of para-hydroxylation sites is 1. The highest BCUT2D eigenvalue weighted by molar-refractivity contribution is 6.30. The van der Waals surface area contributed by atoms with Gasteiger partial charge >= 0.3 is 6.03 Å². The number of carbonyl (C=O) groups is 1. The first-order chi connectivity index (χ1) is 16.5. The number of hydrogen-bond acceptors (Lipinski definition) is 4. The van der Waals surface area contributed by atoms with Crippen molar-refractivity contribution in [1.82, 2.24) is 20.1 Å². The van der Waals surface area contributed by atoms with Gasteiger partial charge in [0.1, 0.15) is 11.9 Å². The van der Waals surface area contributed by atoms with E-state index in [4.69, 9.17) is 16.6 Å². The number of aliphatic imine (C=N–C) groups is 1. The summed E-state index contributed by atoms with van der Waals surface area (Å²) in [7, 11) is 0. The first-order valence-electron chi connectivity index (χ1n) is 11.0. The van der Waals surface area contributed by atoms with Gasteiger partial charge in [0, 0.05) is 28.4 Å². The number of rotatable bonds is 4. The van der Waals surface area contributed by atoms with E-state index in [1.807, 2.05) is 91.2 Å². The van der Waals surface area contributed by atoms with Gasteiger partial charge in [0.25, 0.3) is 0 Å². The van der Waals surface area contributed by atoms with Crippen molar-refractivity contribution in [1.29, 1.82) is 0 Å². The van der Waals surface area contributed by atoms with E-state index in [2.05, 4.69) is 20.8 Å². The lowest BCUT2D eigenvalue weighted by Gasteiger charge is -2.14. The molecular weight excluding hydrogens is 448 g/mol. The van der Waals surface area contributed by atoms with Gasteiger partial charge in [0.2, 0.25) is 0 Å². The second-order valence-corrected chi connectivity index (χ2v) is 8.60. The van der Waals surface area contributed by atoms with Gasteiger partial charge in [-0.2, -0.15) is 0 Å². The molecule has 2 N–H and O–H groups in total. The normalized spacial score (nSPS) is 14.4. The summed E-state index contributed by atoms with van der Waals surface area (Å²) in [5, 5.41) is 15.2. The summed E-state index contributed by atoms with van der Waals surface area (Å²) in [4.78, 5) is 17.7. The minimum atomic E-state index is -0.442. The Morgan fingerprint density at radius 1 is 1.00 bits per heavy atom. The molecule has 0 bridgehead atoms. The Balaban J connectivity index is 1.51. The molecule has 1 aromatic heterocycles. The second kappa shape index (κ2) is 9.11. The second-order valence-electron chi connectivity index (χ2n) is 8.16. The van der Waals surface area contributed by atoms with Crippen LogP contribution in [-0.4, -0.2) is 33.1 Å². The Hall–Kier alpha value is -3.97. The molecule has 170 valence electrons. The number of fused-ring (bicyclic) bond motifs is 3. The number of aryl methyl sites for hydroxylation is 2. The molecular formula is C26H23ClN6O. The summed E-state index contributed by atoms with van der Waals surface area (Å²) in [5.41, 5.74) is 5.45. The number of halogens is 1. The van der Waals surface area contributed by atoms with Crippen molar-refractivity contribution in [2.75, 3.05) is 11.9 Å². The molecule has 7 nitrogen and oxygen atoms in total. The smallest absolute Gasteiger partial charge is 0.319 e. The third-order valence-electron chi connectivity index (χ3n) is 5.68. The van der Waals surface area contributed by atoms with Crippen LogP contribution in [0.15, 0.2) is 77.8 Å². The van der Waals surface area contributed by atoms with Gasteiger partial charge in [-0.1, -0.05) is 54.1 Å². The van der Waals surface area contributed by atoms with Crippen LogP contribution < -0.4 is 10.6 Å². The highest BCUT2D eigenvalue weighted by Crippen LogP contribution is 2.30. The third-order valence-corrected chi connectivity index (χ3v) is 5.93. The number of carbonyl (C=O) groups excluding carboxylic acids is 1. The lowest BCUT2D eigenvalue weighted by atomic mass is 10.0. The van der Waals surface area contributed by atoms with Crippen molar-refractivity contribution >= 4 is 29.0 Å². The first kappa shape index (κ1) is 21.9. The number of nitrogens with one attached hydrogen (secondary N) is 2. The maximum absolute atomic E-state index is 12.6. The topological polar surface area (TPSA) is 84.2 Å². The summed E-state index contributed by atoms with van der Waals surface area (Å²) >= 11 is 6.13. The van der Waals surface area contributed by atoms with Crippen LogP contribution in [-0.2, 0) is 0 Å². The highest BCUT2D eigenvalue weighted by Gasteiger charge is 2.28. The van der Waals surface area contributed by atoms with Crippen LogP contribution in [0.1, 0.15) is 34.4 Å². The molecule has 3 aromatic carbocycles. The van der Waals surface area contributed by atoms with Crippen molar-refractivity contribution in [3.63, 3.8) is 0 Å². The maximum Gasteiger partial charge on any atom is 0.319 e. The van der Waals surface area contributed by atoms with Gasteiger partial charge in [0.05, 0.1) is 11.4 Å². The number of amides is 2. The molecule has 0 saturated carbocycles. The molecule has 8 heteroatoms. The van der Waals surface area contributed by atoms with Crippen molar-refractivity contribution in [3.8, 4) is 5.69 Å². The molecule has 1 aliphatic rings. The monoisotopic (exact) mass is 470 g/mol. The Kier molecular flexibility index (Phi) is 5.86. The van der Waals surface area contributed by atoms with Crippen LogP contribution in [0, 0.1) is 13.8 Å². The van der Waals surface area contributed by atoms with Gasteiger partial charge in [-0.15, -0.1) is 10.2 Å². The lowest BCUT2D eigenvalue weighted by molar-refractivity contribution is 0.251. The first-order valence-corrected chi connectivity index (χ1v) is 11.3. The van der Waals surface area contributed by atoms with E-state index in [0.717, 1.165) is 39.6 Å². The van der Waals surface area contributed by atoms with Crippen molar-refractivity contribution in [2.45, 2.75) is 19.9 Å². The average Bonchev–Trinajstić information content (AvgIpc) is 3.14. The minimum absolute atomic E-state index is 0.251. The largest absolute Gasteiger partial charge is 0.335 e. The maximum atomic E-state index is 12.6. The molecule has 5 rings (SSSR count). The molecule has 34 heavy (non-hydrogen) atoms. The molecule has 1 unspecified atom stereocenters. The number of aromatic nitrogens is 3. The van der Waals surface area contributed by atoms with Crippen molar-refractivity contribution in [3.05, 3.63) is 106 Å². The molecule has 1 aliphatic heterocycles.